The molecule has 1 fully saturated rings. The minimum atomic E-state index is -0.0340. The van der Waals surface area contributed by atoms with Crippen LogP contribution < -0.4 is 10.9 Å². The van der Waals surface area contributed by atoms with Gasteiger partial charge in [-0.05, 0) is 12.8 Å². The third kappa shape index (κ3) is 3.06. The lowest BCUT2D eigenvalue weighted by Gasteiger charge is -2.10. The summed E-state index contributed by atoms with van der Waals surface area (Å²) in [6, 6.07) is 0. The van der Waals surface area contributed by atoms with Gasteiger partial charge in [0.1, 0.15) is 0 Å². The van der Waals surface area contributed by atoms with Crippen LogP contribution in [0.15, 0.2) is 17.2 Å². The number of rotatable bonds is 5. The summed E-state index contributed by atoms with van der Waals surface area (Å²) in [5.74, 6) is 0.948. The van der Waals surface area contributed by atoms with Gasteiger partial charge in [0.05, 0.1) is 6.61 Å². The molecule has 2 rings (SSSR count). The van der Waals surface area contributed by atoms with Gasteiger partial charge in [-0.1, -0.05) is 6.92 Å². The van der Waals surface area contributed by atoms with Crippen LogP contribution in [0.4, 0.5) is 5.82 Å². The summed E-state index contributed by atoms with van der Waals surface area (Å²) in [5, 5.41) is 3.13. The van der Waals surface area contributed by atoms with Gasteiger partial charge in [-0.3, -0.25) is 4.79 Å². The number of aryl methyl sites for hydroxylation is 1. The molecule has 1 unspecified atom stereocenters. The van der Waals surface area contributed by atoms with E-state index in [1.165, 1.54) is 0 Å². The van der Waals surface area contributed by atoms with Gasteiger partial charge in [0.25, 0.3) is 5.56 Å². The maximum absolute atomic E-state index is 12.0. The van der Waals surface area contributed by atoms with Crippen molar-refractivity contribution in [3.05, 3.63) is 22.7 Å². The monoisotopic (exact) mass is 237 g/mol. The second-order valence-corrected chi connectivity index (χ2v) is 4.38. The van der Waals surface area contributed by atoms with Gasteiger partial charge in [0.2, 0.25) is 0 Å². The zero-order valence-corrected chi connectivity index (χ0v) is 10.2. The summed E-state index contributed by atoms with van der Waals surface area (Å²) >= 11 is 0. The zero-order valence-electron chi connectivity index (χ0n) is 10.2. The molecule has 1 atom stereocenters. The second kappa shape index (κ2) is 5.82. The SMILES string of the molecule is CCCn1ccnc(NCC2CCOC2)c1=O. The molecule has 0 amide bonds. The van der Waals surface area contributed by atoms with Crippen molar-refractivity contribution in [3.63, 3.8) is 0 Å². The maximum atomic E-state index is 12.0. The molecule has 17 heavy (non-hydrogen) atoms. The highest BCUT2D eigenvalue weighted by molar-refractivity contribution is 5.30. The predicted molar refractivity (Wildman–Crippen MR) is 66.2 cm³/mol. The summed E-state index contributed by atoms with van der Waals surface area (Å²) < 4.78 is 6.99. The first-order chi connectivity index (χ1) is 8.31. The first kappa shape index (κ1) is 12.1. The lowest BCUT2D eigenvalue weighted by Crippen LogP contribution is -2.26. The van der Waals surface area contributed by atoms with Gasteiger partial charge >= 0.3 is 0 Å². The number of hydrogen-bond donors (Lipinski definition) is 1. The van der Waals surface area contributed by atoms with Crippen molar-refractivity contribution in [1.29, 1.82) is 0 Å². The standard InChI is InChI=1S/C12H19N3O2/c1-2-5-15-6-4-13-11(12(15)16)14-8-10-3-7-17-9-10/h4,6,10H,2-3,5,7-9H2,1H3,(H,13,14). The normalized spacial score (nSPS) is 19.5. The highest BCUT2D eigenvalue weighted by Gasteiger charge is 2.16. The van der Waals surface area contributed by atoms with E-state index in [2.05, 4.69) is 17.2 Å². The highest BCUT2D eigenvalue weighted by atomic mass is 16.5. The Balaban J connectivity index is 1.99. The van der Waals surface area contributed by atoms with Gasteiger partial charge < -0.3 is 14.6 Å². The molecular weight excluding hydrogens is 218 g/mol. The van der Waals surface area contributed by atoms with E-state index in [-0.39, 0.29) is 5.56 Å². The van der Waals surface area contributed by atoms with Gasteiger partial charge in [-0.15, -0.1) is 0 Å². The third-order valence-electron chi connectivity index (χ3n) is 2.96. The molecule has 1 N–H and O–H groups in total. The van der Waals surface area contributed by atoms with Crippen LogP contribution in [0.5, 0.6) is 0 Å². The van der Waals surface area contributed by atoms with Crippen molar-refractivity contribution in [2.45, 2.75) is 26.3 Å². The molecule has 94 valence electrons. The van der Waals surface area contributed by atoms with E-state index >= 15 is 0 Å². The van der Waals surface area contributed by atoms with Crippen LogP contribution in [0.3, 0.4) is 0 Å². The minimum absolute atomic E-state index is 0.0340. The number of aromatic nitrogens is 2. The summed E-state index contributed by atoms with van der Waals surface area (Å²) in [6.45, 7) is 5.16. The van der Waals surface area contributed by atoms with E-state index in [0.717, 1.165) is 39.1 Å². The Morgan fingerprint density at radius 2 is 2.53 bits per heavy atom. The van der Waals surface area contributed by atoms with Crippen molar-refractivity contribution >= 4 is 5.82 Å². The van der Waals surface area contributed by atoms with E-state index in [9.17, 15) is 4.79 Å². The number of hydrogen-bond acceptors (Lipinski definition) is 4. The van der Waals surface area contributed by atoms with Gasteiger partial charge in [0, 0.05) is 38.0 Å². The van der Waals surface area contributed by atoms with E-state index in [4.69, 9.17) is 4.74 Å². The van der Waals surface area contributed by atoms with Crippen LogP contribution in [0, 0.1) is 5.92 Å². The molecule has 2 heterocycles. The van der Waals surface area contributed by atoms with E-state index in [0.29, 0.717) is 11.7 Å². The number of nitrogens with zero attached hydrogens (tertiary/aromatic N) is 2. The van der Waals surface area contributed by atoms with Crippen LogP contribution in [0.1, 0.15) is 19.8 Å². The molecular formula is C12H19N3O2. The Bertz CT molecular complexity index is 410. The molecule has 0 aromatic carbocycles. The maximum Gasteiger partial charge on any atom is 0.293 e. The highest BCUT2D eigenvalue weighted by Crippen LogP contribution is 2.12. The zero-order chi connectivity index (χ0) is 12.1. The van der Waals surface area contributed by atoms with E-state index in [1.54, 1.807) is 17.0 Å². The Morgan fingerprint density at radius 3 is 3.24 bits per heavy atom. The molecule has 1 aromatic heterocycles. The van der Waals surface area contributed by atoms with Crippen LogP contribution >= 0.6 is 0 Å². The topological polar surface area (TPSA) is 56.1 Å². The minimum Gasteiger partial charge on any atom is -0.381 e. The molecule has 5 nitrogen and oxygen atoms in total. The van der Waals surface area contributed by atoms with E-state index in [1.807, 2.05) is 0 Å². The molecule has 1 saturated heterocycles. The summed E-state index contributed by atoms with van der Waals surface area (Å²) in [4.78, 5) is 16.1. The fourth-order valence-electron chi connectivity index (χ4n) is 1.97. The van der Waals surface area contributed by atoms with Crippen LogP contribution in [-0.2, 0) is 11.3 Å². The molecule has 1 aromatic rings. The Morgan fingerprint density at radius 1 is 1.65 bits per heavy atom. The number of nitrogens with one attached hydrogen (secondary N) is 1. The van der Waals surface area contributed by atoms with Gasteiger partial charge in [-0.2, -0.15) is 0 Å². The van der Waals surface area contributed by atoms with Crippen molar-refractivity contribution < 1.29 is 4.74 Å². The Hall–Kier alpha value is -1.36. The lowest BCUT2D eigenvalue weighted by molar-refractivity contribution is 0.187. The van der Waals surface area contributed by atoms with Crippen molar-refractivity contribution in [1.82, 2.24) is 9.55 Å². The summed E-state index contributed by atoms with van der Waals surface area (Å²) in [7, 11) is 0. The molecule has 1 aliphatic heterocycles. The summed E-state index contributed by atoms with van der Waals surface area (Å²) in [6.07, 6.45) is 5.41. The molecule has 0 radical (unpaired) electrons. The largest absolute Gasteiger partial charge is 0.381 e. The van der Waals surface area contributed by atoms with Crippen LogP contribution in [0.25, 0.3) is 0 Å². The molecule has 0 spiro atoms. The van der Waals surface area contributed by atoms with Crippen LogP contribution in [-0.4, -0.2) is 29.3 Å². The van der Waals surface area contributed by atoms with Crippen molar-refractivity contribution in [2.24, 2.45) is 5.92 Å². The third-order valence-corrected chi connectivity index (χ3v) is 2.96. The number of ether oxygens (including phenoxy) is 1. The van der Waals surface area contributed by atoms with Crippen LogP contribution in [0.2, 0.25) is 0 Å². The van der Waals surface area contributed by atoms with Gasteiger partial charge in [-0.25, -0.2) is 4.98 Å². The Kier molecular flexibility index (Phi) is 4.14. The lowest BCUT2D eigenvalue weighted by atomic mass is 10.1. The summed E-state index contributed by atoms with van der Waals surface area (Å²) in [5.41, 5.74) is -0.0340. The fourth-order valence-corrected chi connectivity index (χ4v) is 1.97. The first-order valence-corrected chi connectivity index (χ1v) is 6.18. The number of anilines is 1. The predicted octanol–water partition coefficient (Wildman–Crippen LogP) is 1.10. The average Bonchev–Trinajstić information content (AvgIpc) is 2.83. The molecule has 0 saturated carbocycles. The first-order valence-electron chi connectivity index (χ1n) is 6.18. The fraction of sp³-hybridized carbons (Fsp3) is 0.667. The molecule has 5 heteroatoms. The second-order valence-electron chi connectivity index (χ2n) is 4.38. The van der Waals surface area contributed by atoms with Crippen molar-refractivity contribution in [3.8, 4) is 0 Å². The molecule has 1 aliphatic rings. The quantitative estimate of drug-likeness (QED) is 0.833. The smallest absolute Gasteiger partial charge is 0.293 e. The average molecular weight is 237 g/mol. The Labute approximate surface area is 101 Å². The van der Waals surface area contributed by atoms with Crippen molar-refractivity contribution in [2.75, 3.05) is 25.1 Å². The molecule has 0 aliphatic carbocycles. The van der Waals surface area contributed by atoms with Gasteiger partial charge in [0.15, 0.2) is 5.82 Å². The molecule has 0 bridgehead atoms. The van der Waals surface area contributed by atoms with E-state index < -0.39 is 0 Å².